The van der Waals surface area contributed by atoms with Gasteiger partial charge >= 0.3 is 5.97 Å². The Morgan fingerprint density at radius 2 is 1.79 bits per heavy atom. The summed E-state index contributed by atoms with van der Waals surface area (Å²) in [4.78, 5) is 21.1. The van der Waals surface area contributed by atoms with E-state index in [9.17, 15) is 4.79 Å². The Morgan fingerprint density at radius 3 is 2.54 bits per heavy atom. The molecule has 0 radical (unpaired) electrons. The third kappa shape index (κ3) is 5.07. The van der Waals surface area contributed by atoms with Crippen molar-refractivity contribution in [2.24, 2.45) is 0 Å². The second-order valence-electron chi connectivity index (χ2n) is 6.31. The SMILES string of the molecule is CCCCNc1cc(Nc2cccc(C(=O)OC)c2)nc(-c2ccccc2)n1. The number of aromatic nitrogens is 2. The Balaban J connectivity index is 1.91. The normalized spacial score (nSPS) is 10.4. The predicted molar refractivity (Wildman–Crippen MR) is 112 cm³/mol. The summed E-state index contributed by atoms with van der Waals surface area (Å²) < 4.78 is 4.79. The Bertz CT molecular complexity index is 929. The van der Waals surface area contributed by atoms with Gasteiger partial charge < -0.3 is 15.4 Å². The molecule has 0 aliphatic carbocycles. The van der Waals surface area contributed by atoms with Gasteiger partial charge in [-0.2, -0.15) is 0 Å². The van der Waals surface area contributed by atoms with Gasteiger partial charge in [0.05, 0.1) is 12.7 Å². The maximum absolute atomic E-state index is 11.8. The molecule has 0 unspecified atom stereocenters. The topological polar surface area (TPSA) is 76.1 Å². The lowest BCUT2D eigenvalue weighted by Gasteiger charge is -2.12. The first-order valence-electron chi connectivity index (χ1n) is 9.33. The van der Waals surface area contributed by atoms with Gasteiger partial charge in [0.1, 0.15) is 11.6 Å². The number of carbonyl (C=O) groups is 1. The zero-order valence-electron chi connectivity index (χ0n) is 16.1. The van der Waals surface area contributed by atoms with Crippen molar-refractivity contribution in [3.8, 4) is 11.4 Å². The van der Waals surface area contributed by atoms with E-state index in [1.54, 1.807) is 18.2 Å². The lowest BCUT2D eigenvalue weighted by atomic mass is 10.2. The van der Waals surface area contributed by atoms with Gasteiger partial charge in [-0.1, -0.05) is 49.7 Å². The monoisotopic (exact) mass is 376 g/mol. The van der Waals surface area contributed by atoms with Crippen molar-refractivity contribution in [2.75, 3.05) is 24.3 Å². The summed E-state index contributed by atoms with van der Waals surface area (Å²) in [6.45, 7) is 3.00. The molecule has 28 heavy (non-hydrogen) atoms. The smallest absolute Gasteiger partial charge is 0.337 e. The van der Waals surface area contributed by atoms with Gasteiger partial charge in [0.25, 0.3) is 0 Å². The molecule has 0 saturated heterocycles. The highest BCUT2D eigenvalue weighted by Crippen LogP contribution is 2.23. The molecule has 0 atom stereocenters. The number of hydrogen-bond donors (Lipinski definition) is 2. The summed E-state index contributed by atoms with van der Waals surface area (Å²) in [6, 6.07) is 18.8. The molecular formula is C22H24N4O2. The first kappa shape index (κ1) is 19.4. The minimum atomic E-state index is -0.377. The van der Waals surface area contributed by atoms with E-state index in [0.717, 1.165) is 36.5 Å². The van der Waals surface area contributed by atoms with Crippen molar-refractivity contribution >= 4 is 23.3 Å². The molecule has 0 amide bonds. The number of nitrogens with zero attached hydrogens (tertiary/aromatic N) is 2. The molecule has 3 rings (SSSR count). The molecule has 1 heterocycles. The van der Waals surface area contributed by atoms with E-state index in [1.807, 2.05) is 42.5 Å². The number of methoxy groups -OCH3 is 1. The molecule has 2 N–H and O–H groups in total. The fourth-order valence-electron chi connectivity index (χ4n) is 2.70. The van der Waals surface area contributed by atoms with E-state index in [4.69, 9.17) is 4.74 Å². The van der Waals surface area contributed by atoms with E-state index >= 15 is 0 Å². The van der Waals surface area contributed by atoms with Crippen LogP contribution in [0.4, 0.5) is 17.3 Å². The van der Waals surface area contributed by atoms with E-state index in [-0.39, 0.29) is 5.97 Å². The van der Waals surface area contributed by atoms with Crippen LogP contribution in [-0.2, 0) is 4.74 Å². The van der Waals surface area contributed by atoms with Gasteiger partial charge in [0.15, 0.2) is 5.82 Å². The predicted octanol–water partition coefficient (Wildman–Crippen LogP) is 4.89. The van der Waals surface area contributed by atoms with Gasteiger partial charge in [-0.25, -0.2) is 14.8 Å². The number of esters is 1. The fraction of sp³-hybridized carbons (Fsp3) is 0.227. The minimum Gasteiger partial charge on any atom is -0.465 e. The highest BCUT2D eigenvalue weighted by Gasteiger charge is 2.09. The molecule has 0 spiro atoms. The molecular weight excluding hydrogens is 352 g/mol. The zero-order valence-corrected chi connectivity index (χ0v) is 16.1. The van der Waals surface area contributed by atoms with Crippen LogP contribution in [-0.4, -0.2) is 29.6 Å². The maximum Gasteiger partial charge on any atom is 0.337 e. The van der Waals surface area contributed by atoms with Crippen LogP contribution >= 0.6 is 0 Å². The minimum absolute atomic E-state index is 0.377. The number of ether oxygens (including phenoxy) is 1. The van der Waals surface area contributed by atoms with Crippen LogP contribution in [0.2, 0.25) is 0 Å². The van der Waals surface area contributed by atoms with Gasteiger partial charge in [-0.15, -0.1) is 0 Å². The summed E-state index contributed by atoms with van der Waals surface area (Å²) in [5.41, 5.74) is 2.17. The van der Waals surface area contributed by atoms with Gasteiger partial charge in [-0.05, 0) is 24.6 Å². The molecule has 3 aromatic rings. The molecule has 1 aromatic heterocycles. The number of hydrogen-bond acceptors (Lipinski definition) is 6. The first-order chi connectivity index (χ1) is 13.7. The van der Waals surface area contributed by atoms with E-state index in [1.165, 1.54) is 7.11 Å². The Morgan fingerprint density at radius 1 is 1.00 bits per heavy atom. The van der Waals surface area contributed by atoms with Crippen LogP contribution in [0.3, 0.4) is 0 Å². The molecule has 2 aromatic carbocycles. The van der Waals surface area contributed by atoms with E-state index < -0.39 is 0 Å². The molecule has 0 saturated carbocycles. The summed E-state index contributed by atoms with van der Waals surface area (Å²) >= 11 is 0. The molecule has 0 bridgehead atoms. The quantitative estimate of drug-likeness (QED) is 0.431. The summed E-state index contributed by atoms with van der Waals surface area (Å²) in [7, 11) is 1.37. The summed E-state index contributed by atoms with van der Waals surface area (Å²) in [5, 5.41) is 6.62. The van der Waals surface area contributed by atoms with E-state index in [0.29, 0.717) is 17.2 Å². The summed E-state index contributed by atoms with van der Waals surface area (Å²) in [5.74, 6) is 1.66. The average molecular weight is 376 g/mol. The molecule has 144 valence electrons. The molecule has 0 fully saturated rings. The Hall–Kier alpha value is -3.41. The number of rotatable bonds is 8. The highest BCUT2D eigenvalue weighted by atomic mass is 16.5. The van der Waals surface area contributed by atoms with Crippen molar-refractivity contribution in [1.29, 1.82) is 0 Å². The lowest BCUT2D eigenvalue weighted by Crippen LogP contribution is -2.06. The fourth-order valence-corrected chi connectivity index (χ4v) is 2.70. The lowest BCUT2D eigenvalue weighted by molar-refractivity contribution is 0.0601. The average Bonchev–Trinajstić information content (AvgIpc) is 2.74. The molecule has 0 aliphatic heterocycles. The van der Waals surface area contributed by atoms with Crippen molar-refractivity contribution in [1.82, 2.24) is 9.97 Å². The van der Waals surface area contributed by atoms with Crippen LogP contribution in [0.15, 0.2) is 60.7 Å². The molecule has 6 heteroatoms. The van der Waals surface area contributed by atoms with Crippen LogP contribution in [0, 0.1) is 0 Å². The summed E-state index contributed by atoms with van der Waals surface area (Å²) in [6.07, 6.45) is 2.17. The standard InChI is InChI=1S/C22H24N4O2/c1-3-4-13-23-19-15-20(26-21(25-19)16-9-6-5-7-10-16)24-18-12-8-11-17(14-18)22(27)28-2/h5-12,14-15H,3-4,13H2,1-2H3,(H2,23,24,25,26). The largest absolute Gasteiger partial charge is 0.465 e. The van der Waals surface area contributed by atoms with Crippen LogP contribution in [0.1, 0.15) is 30.1 Å². The van der Waals surface area contributed by atoms with Gasteiger partial charge in [0, 0.05) is 23.9 Å². The van der Waals surface area contributed by atoms with Crippen LogP contribution in [0.25, 0.3) is 11.4 Å². The Kier molecular flexibility index (Phi) is 6.57. The molecule has 6 nitrogen and oxygen atoms in total. The second-order valence-corrected chi connectivity index (χ2v) is 6.31. The maximum atomic E-state index is 11.8. The van der Waals surface area contributed by atoms with Crippen LogP contribution in [0.5, 0.6) is 0 Å². The zero-order chi connectivity index (χ0) is 19.8. The molecule has 0 aliphatic rings. The number of unbranched alkanes of at least 4 members (excludes halogenated alkanes) is 1. The number of anilines is 3. The highest BCUT2D eigenvalue weighted by molar-refractivity contribution is 5.90. The van der Waals surface area contributed by atoms with Gasteiger partial charge in [0.2, 0.25) is 0 Å². The number of carbonyl (C=O) groups excluding carboxylic acids is 1. The van der Waals surface area contributed by atoms with Crippen molar-refractivity contribution in [3.05, 3.63) is 66.2 Å². The van der Waals surface area contributed by atoms with E-state index in [2.05, 4.69) is 27.5 Å². The number of benzene rings is 2. The third-order valence-electron chi connectivity index (χ3n) is 4.15. The third-order valence-corrected chi connectivity index (χ3v) is 4.15. The van der Waals surface area contributed by atoms with Crippen molar-refractivity contribution in [2.45, 2.75) is 19.8 Å². The van der Waals surface area contributed by atoms with Gasteiger partial charge in [-0.3, -0.25) is 0 Å². The second kappa shape index (κ2) is 9.50. The van der Waals surface area contributed by atoms with Crippen molar-refractivity contribution in [3.63, 3.8) is 0 Å². The van der Waals surface area contributed by atoms with Crippen molar-refractivity contribution < 1.29 is 9.53 Å². The number of nitrogens with one attached hydrogen (secondary N) is 2. The van der Waals surface area contributed by atoms with Crippen LogP contribution < -0.4 is 10.6 Å². The Labute approximate surface area is 165 Å². The first-order valence-corrected chi connectivity index (χ1v) is 9.33.